The van der Waals surface area contributed by atoms with Crippen molar-refractivity contribution in [2.75, 3.05) is 20.3 Å². The van der Waals surface area contributed by atoms with Gasteiger partial charge in [0.15, 0.2) is 18.1 Å². The zero-order chi connectivity index (χ0) is 15.9. The van der Waals surface area contributed by atoms with E-state index in [1.807, 2.05) is 32.9 Å². The number of methoxy groups -OCH3 is 1. The summed E-state index contributed by atoms with van der Waals surface area (Å²) in [6, 6.07) is 5.51. The number of nitrogens with one attached hydrogen (secondary N) is 1. The molecule has 0 bridgehead atoms. The Morgan fingerprint density at radius 2 is 1.95 bits per heavy atom. The standard InChI is InChI=1S/C16H25NO4/c1-5-16(19,6-2)11-17-15(18)10-21-13-8-7-12(3)9-14(13)20-4/h7-9,19H,5-6,10-11H2,1-4H3,(H,17,18). The molecule has 0 radical (unpaired) electrons. The molecule has 2 N–H and O–H groups in total. The van der Waals surface area contributed by atoms with E-state index in [1.54, 1.807) is 13.2 Å². The van der Waals surface area contributed by atoms with Crippen LogP contribution in [0.25, 0.3) is 0 Å². The van der Waals surface area contributed by atoms with Crippen LogP contribution in [0.4, 0.5) is 0 Å². The highest BCUT2D eigenvalue weighted by Gasteiger charge is 2.22. The minimum atomic E-state index is -0.850. The fourth-order valence-electron chi connectivity index (χ4n) is 1.85. The maximum Gasteiger partial charge on any atom is 0.258 e. The van der Waals surface area contributed by atoms with Gasteiger partial charge in [0.2, 0.25) is 0 Å². The van der Waals surface area contributed by atoms with Gasteiger partial charge < -0.3 is 19.9 Å². The van der Waals surface area contributed by atoms with Gasteiger partial charge in [-0.3, -0.25) is 4.79 Å². The van der Waals surface area contributed by atoms with Crippen LogP contribution in [0.2, 0.25) is 0 Å². The molecule has 1 amide bonds. The molecule has 21 heavy (non-hydrogen) atoms. The Labute approximate surface area is 126 Å². The molecule has 0 saturated carbocycles. The van der Waals surface area contributed by atoms with Crippen molar-refractivity contribution >= 4 is 5.91 Å². The molecule has 0 atom stereocenters. The molecule has 0 aliphatic carbocycles. The second kappa shape index (κ2) is 7.88. The summed E-state index contributed by atoms with van der Waals surface area (Å²) in [6.45, 7) is 5.86. The van der Waals surface area contributed by atoms with Gasteiger partial charge in [0.25, 0.3) is 5.91 Å². The number of aryl methyl sites for hydroxylation is 1. The minimum Gasteiger partial charge on any atom is -0.493 e. The van der Waals surface area contributed by atoms with Crippen LogP contribution < -0.4 is 14.8 Å². The van der Waals surface area contributed by atoms with Crippen LogP contribution in [0.3, 0.4) is 0 Å². The maximum absolute atomic E-state index is 11.8. The van der Waals surface area contributed by atoms with Crippen molar-refractivity contribution in [2.45, 2.75) is 39.2 Å². The van der Waals surface area contributed by atoms with E-state index in [0.29, 0.717) is 24.3 Å². The number of carbonyl (C=O) groups excluding carboxylic acids is 1. The van der Waals surface area contributed by atoms with Crippen LogP contribution in [-0.4, -0.2) is 36.9 Å². The fourth-order valence-corrected chi connectivity index (χ4v) is 1.85. The van der Waals surface area contributed by atoms with E-state index in [1.165, 1.54) is 0 Å². The van der Waals surface area contributed by atoms with Crippen molar-refractivity contribution in [3.63, 3.8) is 0 Å². The summed E-state index contributed by atoms with van der Waals surface area (Å²) in [6.07, 6.45) is 1.19. The van der Waals surface area contributed by atoms with E-state index in [-0.39, 0.29) is 19.1 Å². The van der Waals surface area contributed by atoms with Gasteiger partial charge in [-0.25, -0.2) is 0 Å². The number of aliphatic hydroxyl groups is 1. The third-order valence-electron chi connectivity index (χ3n) is 3.61. The molecular weight excluding hydrogens is 270 g/mol. The van der Waals surface area contributed by atoms with Crippen molar-refractivity contribution in [1.29, 1.82) is 0 Å². The lowest BCUT2D eigenvalue weighted by Gasteiger charge is -2.25. The van der Waals surface area contributed by atoms with Gasteiger partial charge in [-0.2, -0.15) is 0 Å². The Morgan fingerprint density at radius 3 is 2.52 bits per heavy atom. The lowest BCUT2D eigenvalue weighted by molar-refractivity contribution is -0.124. The summed E-state index contributed by atoms with van der Waals surface area (Å²) < 4.78 is 10.7. The van der Waals surface area contributed by atoms with E-state index in [9.17, 15) is 9.90 Å². The quantitative estimate of drug-likeness (QED) is 0.770. The van der Waals surface area contributed by atoms with Crippen molar-refractivity contribution in [2.24, 2.45) is 0 Å². The average molecular weight is 295 g/mol. The monoisotopic (exact) mass is 295 g/mol. The first-order valence-corrected chi connectivity index (χ1v) is 7.20. The summed E-state index contributed by atoms with van der Waals surface area (Å²) in [5.41, 5.74) is 0.205. The minimum absolute atomic E-state index is 0.108. The normalized spacial score (nSPS) is 11.1. The Hall–Kier alpha value is -1.75. The number of ether oxygens (including phenoxy) is 2. The number of hydrogen-bond donors (Lipinski definition) is 2. The summed E-state index contributed by atoms with van der Waals surface area (Å²) in [5.74, 6) is 0.860. The second-order valence-electron chi connectivity index (χ2n) is 5.15. The van der Waals surface area contributed by atoms with Gasteiger partial charge in [-0.15, -0.1) is 0 Å². The van der Waals surface area contributed by atoms with Gasteiger partial charge in [-0.05, 0) is 37.5 Å². The summed E-state index contributed by atoms with van der Waals surface area (Å²) in [5, 5.41) is 12.8. The smallest absolute Gasteiger partial charge is 0.258 e. The molecule has 1 rings (SSSR count). The second-order valence-corrected chi connectivity index (χ2v) is 5.15. The zero-order valence-electron chi connectivity index (χ0n) is 13.2. The predicted molar refractivity (Wildman–Crippen MR) is 81.8 cm³/mol. The van der Waals surface area contributed by atoms with Crippen LogP contribution in [0, 0.1) is 6.92 Å². The first-order chi connectivity index (χ1) is 9.94. The van der Waals surface area contributed by atoms with Crippen molar-refractivity contribution < 1.29 is 19.4 Å². The molecule has 1 aromatic rings. The molecule has 0 spiro atoms. The fraction of sp³-hybridized carbons (Fsp3) is 0.562. The lowest BCUT2D eigenvalue weighted by atomic mass is 9.98. The zero-order valence-corrected chi connectivity index (χ0v) is 13.2. The highest BCUT2D eigenvalue weighted by Crippen LogP contribution is 2.27. The van der Waals surface area contributed by atoms with E-state index >= 15 is 0 Å². The first-order valence-electron chi connectivity index (χ1n) is 7.20. The SMILES string of the molecule is CCC(O)(CC)CNC(=O)COc1ccc(C)cc1OC. The van der Waals surface area contributed by atoms with E-state index in [2.05, 4.69) is 5.32 Å². The average Bonchev–Trinajstić information content (AvgIpc) is 2.51. The van der Waals surface area contributed by atoms with Crippen LogP contribution >= 0.6 is 0 Å². The van der Waals surface area contributed by atoms with Gasteiger partial charge in [0, 0.05) is 6.54 Å². The Balaban J connectivity index is 2.50. The molecule has 5 heteroatoms. The topological polar surface area (TPSA) is 67.8 Å². The third kappa shape index (κ3) is 5.27. The molecule has 0 fully saturated rings. The van der Waals surface area contributed by atoms with Gasteiger partial charge in [-0.1, -0.05) is 19.9 Å². The Kier molecular flexibility index (Phi) is 6.49. The molecule has 0 unspecified atom stereocenters. The number of carbonyl (C=O) groups is 1. The van der Waals surface area contributed by atoms with Crippen LogP contribution in [-0.2, 0) is 4.79 Å². The first kappa shape index (κ1) is 17.3. The molecule has 0 saturated heterocycles. The highest BCUT2D eigenvalue weighted by molar-refractivity contribution is 5.77. The molecule has 5 nitrogen and oxygen atoms in total. The molecule has 0 heterocycles. The molecule has 0 aliphatic rings. The van der Waals surface area contributed by atoms with Gasteiger partial charge in [0.1, 0.15) is 0 Å². The van der Waals surface area contributed by atoms with Crippen molar-refractivity contribution in [3.05, 3.63) is 23.8 Å². The Morgan fingerprint density at radius 1 is 1.29 bits per heavy atom. The lowest BCUT2D eigenvalue weighted by Crippen LogP contribution is -2.43. The molecule has 118 valence electrons. The number of rotatable bonds is 8. The van der Waals surface area contributed by atoms with Crippen LogP contribution in [0.5, 0.6) is 11.5 Å². The highest BCUT2D eigenvalue weighted by atomic mass is 16.5. The summed E-state index contributed by atoms with van der Waals surface area (Å²) >= 11 is 0. The molecular formula is C16H25NO4. The molecule has 0 aliphatic heterocycles. The van der Waals surface area contributed by atoms with Gasteiger partial charge >= 0.3 is 0 Å². The van der Waals surface area contributed by atoms with Crippen molar-refractivity contribution in [1.82, 2.24) is 5.32 Å². The maximum atomic E-state index is 11.8. The molecule has 1 aromatic carbocycles. The van der Waals surface area contributed by atoms with E-state index in [0.717, 1.165) is 5.56 Å². The van der Waals surface area contributed by atoms with Crippen LogP contribution in [0.15, 0.2) is 18.2 Å². The number of hydrogen-bond acceptors (Lipinski definition) is 4. The van der Waals surface area contributed by atoms with E-state index in [4.69, 9.17) is 9.47 Å². The molecule has 0 aromatic heterocycles. The number of benzene rings is 1. The van der Waals surface area contributed by atoms with Gasteiger partial charge in [0.05, 0.1) is 12.7 Å². The van der Waals surface area contributed by atoms with E-state index < -0.39 is 5.60 Å². The third-order valence-corrected chi connectivity index (χ3v) is 3.61. The summed E-state index contributed by atoms with van der Waals surface area (Å²) in [4.78, 5) is 11.8. The number of amides is 1. The summed E-state index contributed by atoms with van der Waals surface area (Å²) in [7, 11) is 1.56. The van der Waals surface area contributed by atoms with Crippen LogP contribution in [0.1, 0.15) is 32.3 Å². The van der Waals surface area contributed by atoms with Crippen molar-refractivity contribution in [3.8, 4) is 11.5 Å². The largest absolute Gasteiger partial charge is 0.493 e. The predicted octanol–water partition coefficient (Wildman–Crippen LogP) is 2.05. The Bertz CT molecular complexity index is 469.